The van der Waals surface area contributed by atoms with Gasteiger partial charge in [-0.2, -0.15) is 5.26 Å². The van der Waals surface area contributed by atoms with Crippen LogP contribution in [0, 0.1) is 21.4 Å². The van der Waals surface area contributed by atoms with Gasteiger partial charge in [0.05, 0.1) is 22.1 Å². The Hall–Kier alpha value is -3.83. The average molecular weight is 394 g/mol. The highest BCUT2D eigenvalue weighted by Gasteiger charge is 2.36. The molecule has 0 saturated carbocycles. The number of nitrogens with zero attached hydrogens (tertiary/aromatic N) is 3. The van der Waals surface area contributed by atoms with Crippen molar-refractivity contribution in [3.8, 4) is 23.2 Å². The molecule has 0 fully saturated rings. The fraction of sp³-hybridized carbons (Fsp3) is 0.0526. The molecule has 0 spiro atoms. The number of halogens is 1. The smallest absolute Gasteiger partial charge is 0.270 e. The van der Waals surface area contributed by atoms with Crippen LogP contribution in [0.15, 0.2) is 60.0 Å². The number of hydrogen-bond donors (Lipinski definition) is 2. The predicted octanol–water partition coefficient (Wildman–Crippen LogP) is 3.86. The molecule has 0 amide bonds. The van der Waals surface area contributed by atoms with Crippen molar-refractivity contribution < 1.29 is 9.66 Å². The topological polar surface area (TPSA) is 131 Å². The summed E-state index contributed by atoms with van der Waals surface area (Å²) in [4.78, 5) is 10.7. The highest BCUT2D eigenvalue weighted by Crippen LogP contribution is 2.47. The van der Waals surface area contributed by atoms with Crippen LogP contribution in [0.2, 0.25) is 5.02 Å². The molecular formula is C19H12ClN5O3. The first kappa shape index (κ1) is 17.6. The highest BCUT2D eigenvalue weighted by molar-refractivity contribution is 6.31. The maximum Gasteiger partial charge on any atom is 0.270 e. The number of nitrogens with one attached hydrogen (secondary N) is 1. The number of nitro benzene ring substituents is 1. The fourth-order valence-corrected chi connectivity index (χ4v) is 3.51. The van der Waals surface area contributed by atoms with Gasteiger partial charge in [-0.1, -0.05) is 41.9 Å². The molecule has 2 heterocycles. The zero-order chi connectivity index (χ0) is 19.8. The summed E-state index contributed by atoms with van der Waals surface area (Å²) in [6.45, 7) is 0. The Morgan fingerprint density at radius 1 is 1.29 bits per heavy atom. The molecule has 0 bridgehead atoms. The van der Waals surface area contributed by atoms with Crippen molar-refractivity contribution >= 4 is 17.3 Å². The number of H-pyrrole nitrogens is 1. The van der Waals surface area contributed by atoms with Crippen LogP contribution < -0.4 is 10.5 Å². The van der Waals surface area contributed by atoms with Crippen molar-refractivity contribution in [1.82, 2.24) is 10.2 Å². The van der Waals surface area contributed by atoms with Gasteiger partial charge in [-0.3, -0.25) is 15.2 Å². The van der Waals surface area contributed by atoms with E-state index in [1.807, 2.05) is 0 Å². The van der Waals surface area contributed by atoms with E-state index in [-0.39, 0.29) is 23.0 Å². The number of non-ortho nitro benzene ring substituents is 1. The summed E-state index contributed by atoms with van der Waals surface area (Å²) in [6, 6.07) is 15.3. The van der Waals surface area contributed by atoms with Crippen LogP contribution >= 0.6 is 11.6 Å². The molecule has 28 heavy (non-hydrogen) atoms. The van der Waals surface area contributed by atoms with E-state index in [0.717, 1.165) is 0 Å². The molecule has 1 aliphatic heterocycles. The summed E-state index contributed by atoms with van der Waals surface area (Å²) in [5, 5.41) is 28.3. The number of ether oxygens (including phenoxy) is 1. The summed E-state index contributed by atoms with van der Waals surface area (Å²) >= 11 is 6.39. The zero-order valence-corrected chi connectivity index (χ0v) is 15.0. The van der Waals surface area contributed by atoms with E-state index < -0.39 is 10.8 Å². The van der Waals surface area contributed by atoms with E-state index in [2.05, 4.69) is 16.3 Å². The molecule has 8 nitrogen and oxygen atoms in total. The minimum absolute atomic E-state index is 0.0583. The van der Waals surface area contributed by atoms with Gasteiger partial charge < -0.3 is 10.5 Å². The third-order valence-corrected chi connectivity index (χ3v) is 4.84. The molecule has 1 atom stereocenters. The van der Waals surface area contributed by atoms with Gasteiger partial charge in [0.1, 0.15) is 11.6 Å². The molecule has 0 radical (unpaired) electrons. The summed E-state index contributed by atoms with van der Waals surface area (Å²) in [5.41, 5.74) is 8.28. The second kappa shape index (κ2) is 6.72. The minimum atomic E-state index is -0.629. The summed E-state index contributed by atoms with van der Waals surface area (Å²) in [6.07, 6.45) is 0. The summed E-state index contributed by atoms with van der Waals surface area (Å²) in [5.74, 6) is -0.490. The lowest BCUT2D eigenvalue weighted by molar-refractivity contribution is -0.384. The molecule has 138 valence electrons. The van der Waals surface area contributed by atoms with Crippen LogP contribution in [0.5, 0.6) is 5.88 Å². The highest BCUT2D eigenvalue weighted by atomic mass is 35.5. The third kappa shape index (κ3) is 2.74. The van der Waals surface area contributed by atoms with Gasteiger partial charge in [-0.15, -0.1) is 5.10 Å². The Kier molecular flexibility index (Phi) is 4.22. The second-order valence-corrected chi connectivity index (χ2v) is 6.48. The average Bonchev–Trinajstić information content (AvgIpc) is 3.11. The van der Waals surface area contributed by atoms with Crippen LogP contribution in [0.1, 0.15) is 17.0 Å². The molecule has 1 aromatic heterocycles. The number of aromatic amines is 1. The van der Waals surface area contributed by atoms with Gasteiger partial charge in [-0.25, -0.2) is 0 Å². The minimum Gasteiger partial charge on any atom is -0.420 e. The van der Waals surface area contributed by atoms with Crippen LogP contribution in [-0.4, -0.2) is 15.1 Å². The van der Waals surface area contributed by atoms with Gasteiger partial charge in [0, 0.05) is 22.7 Å². The fourth-order valence-electron chi connectivity index (χ4n) is 3.26. The van der Waals surface area contributed by atoms with Gasteiger partial charge in [0.2, 0.25) is 11.8 Å². The SMILES string of the molecule is N#CC1=C(N)Oc2n[nH]c(-c3cccc([N+](=O)[O-])c3)c2C1c1ccccc1Cl. The van der Waals surface area contributed by atoms with Crippen LogP contribution in [0.25, 0.3) is 11.3 Å². The van der Waals surface area contributed by atoms with Crippen molar-refractivity contribution in [3.63, 3.8) is 0 Å². The standard InChI is InChI=1S/C19H12ClN5O3/c20-14-7-2-1-6-12(14)15-13(9-21)18(22)28-19-16(15)17(23-24-19)10-4-3-5-11(8-10)25(26)27/h1-8,15H,22H2,(H,23,24). The monoisotopic (exact) mass is 393 g/mol. The maximum atomic E-state index is 11.2. The third-order valence-electron chi connectivity index (χ3n) is 4.50. The molecule has 2 aromatic carbocycles. The molecular weight excluding hydrogens is 382 g/mol. The normalized spacial score (nSPS) is 15.5. The maximum absolute atomic E-state index is 11.2. The summed E-state index contributed by atoms with van der Waals surface area (Å²) < 4.78 is 5.52. The first-order valence-corrected chi connectivity index (χ1v) is 8.54. The van der Waals surface area contributed by atoms with Crippen LogP contribution in [0.3, 0.4) is 0 Å². The predicted molar refractivity (Wildman–Crippen MR) is 101 cm³/mol. The molecule has 3 N–H and O–H groups in total. The number of hydrogen-bond acceptors (Lipinski definition) is 6. The van der Waals surface area contributed by atoms with Crippen molar-refractivity contribution in [1.29, 1.82) is 5.26 Å². The number of nitro groups is 1. The molecule has 0 saturated heterocycles. The van der Waals surface area contributed by atoms with E-state index >= 15 is 0 Å². The molecule has 1 unspecified atom stereocenters. The molecule has 9 heteroatoms. The van der Waals surface area contributed by atoms with E-state index in [1.54, 1.807) is 36.4 Å². The largest absolute Gasteiger partial charge is 0.420 e. The Balaban J connectivity index is 1.97. The molecule has 3 aromatic rings. The van der Waals surface area contributed by atoms with Gasteiger partial charge >= 0.3 is 0 Å². The Morgan fingerprint density at radius 3 is 2.79 bits per heavy atom. The number of nitriles is 1. The van der Waals surface area contributed by atoms with Gasteiger partial charge in [0.15, 0.2) is 0 Å². The first-order chi connectivity index (χ1) is 13.5. The van der Waals surface area contributed by atoms with E-state index in [9.17, 15) is 15.4 Å². The lowest BCUT2D eigenvalue weighted by Gasteiger charge is -2.24. The van der Waals surface area contributed by atoms with Crippen molar-refractivity contribution in [2.24, 2.45) is 5.73 Å². The van der Waals surface area contributed by atoms with E-state index in [0.29, 0.717) is 27.4 Å². The molecule has 4 rings (SSSR count). The number of benzene rings is 2. The zero-order valence-electron chi connectivity index (χ0n) is 14.2. The van der Waals surface area contributed by atoms with Crippen molar-refractivity contribution in [3.05, 3.63) is 86.3 Å². The Bertz CT molecular complexity index is 1180. The first-order valence-electron chi connectivity index (χ1n) is 8.16. The summed E-state index contributed by atoms with van der Waals surface area (Å²) in [7, 11) is 0. The Labute approximate surface area is 164 Å². The van der Waals surface area contributed by atoms with Crippen molar-refractivity contribution in [2.45, 2.75) is 5.92 Å². The lowest BCUT2D eigenvalue weighted by Crippen LogP contribution is -2.21. The number of allylic oxidation sites excluding steroid dienone is 1. The molecule has 0 aliphatic carbocycles. The second-order valence-electron chi connectivity index (χ2n) is 6.07. The van der Waals surface area contributed by atoms with E-state index in [1.165, 1.54) is 12.1 Å². The number of aromatic nitrogens is 2. The quantitative estimate of drug-likeness (QED) is 0.513. The van der Waals surface area contributed by atoms with Gasteiger partial charge in [-0.05, 0) is 11.6 Å². The number of fused-ring (bicyclic) bond motifs is 1. The van der Waals surface area contributed by atoms with E-state index in [4.69, 9.17) is 22.1 Å². The number of rotatable bonds is 3. The van der Waals surface area contributed by atoms with Crippen LogP contribution in [0.4, 0.5) is 5.69 Å². The lowest BCUT2D eigenvalue weighted by atomic mass is 9.83. The number of nitrogens with two attached hydrogens (primary N) is 1. The van der Waals surface area contributed by atoms with Crippen LogP contribution in [-0.2, 0) is 0 Å². The molecule has 1 aliphatic rings. The van der Waals surface area contributed by atoms with Gasteiger partial charge in [0.25, 0.3) is 5.69 Å². The Morgan fingerprint density at radius 2 is 2.07 bits per heavy atom. The van der Waals surface area contributed by atoms with Crippen molar-refractivity contribution in [2.75, 3.05) is 0 Å².